The van der Waals surface area contributed by atoms with Crippen molar-refractivity contribution in [1.29, 1.82) is 0 Å². The molecule has 0 aromatic carbocycles. The van der Waals surface area contributed by atoms with Crippen molar-refractivity contribution in [2.24, 2.45) is 0 Å². The first-order valence-electron chi connectivity index (χ1n) is 7.10. The third kappa shape index (κ3) is 3.24. The number of imidazole rings is 1. The number of carbonyl (C=O) groups excluding carboxylic acids is 1. The van der Waals surface area contributed by atoms with Gasteiger partial charge in [-0.3, -0.25) is 0 Å². The quantitative estimate of drug-likeness (QED) is 0.908. The molecular weight excluding hydrogens is 286 g/mol. The van der Waals surface area contributed by atoms with Crippen LogP contribution in [0, 0.1) is 13.8 Å². The number of hydrogen-bond donors (Lipinski definition) is 2. The lowest BCUT2D eigenvalue weighted by Gasteiger charge is -2.26. The van der Waals surface area contributed by atoms with Crippen LogP contribution in [0.15, 0.2) is 5.38 Å². The second kappa shape index (κ2) is 5.85. The Morgan fingerprint density at radius 3 is 3.10 bits per heavy atom. The normalized spacial score (nSPS) is 14.1. The van der Waals surface area contributed by atoms with E-state index in [1.54, 1.807) is 11.3 Å². The minimum absolute atomic E-state index is 0.0128. The first kappa shape index (κ1) is 14.1. The van der Waals surface area contributed by atoms with Crippen molar-refractivity contribution >= 4 is 17.4 Å². The molecule has 3 heterocycles. The summed E-state index contributed by atoms with van der Waals surface area (Å²) in [4.78, 5) is 26.0. The zero-order valence-corrected chi connectivity index (χ0v) is 13.1. The van der Waals surface area contributed by atoms with Crippen molar-refractivity contribution < 1.29 is 4.79 Å². The summed E-state index contributed by atoms with van der Waals surface area (Å²) in [5.74, 6) is 0.918. The number of nitrogens with one attached hydrogen (secondary N) is 2. The number of thiazole rings is 1. The van der Waals surface area contributed by atoms with Crippen LogP contribution in [0.3, 0.4) is 0 Å². The third-order valence-corrected chi connectivity index (χ3v) is 4.55. The summed E-state index contributed by atoms with van der Waals surface area (Å²) in [7, 11) is 0. The van der Waals surface area contributed by atoms with Gasteiger partial charge in [0.1, 0.15) is 5.82 Å². The summed E-state index contributed by atoms with van der Waals surface area (Å²) >= 11 is 1.64. The van der Waals surface area contributed by atoms with Crippen LogP contribution in [0.1, 0.15) is 27.9 Å². The molecule has 1 aliphatic heterocycles. The zero-order valence-electron chi connectivity index (χ0n) is 12.3. The van der Waals surface area contributed by atoms with Crippen LogP contribution in [0.2, 0.25) is 0 Å². The molecule has 7 heteroatoms. The molecule has 2 aromatic heterocycles. The monoisotopic (exact) mass is 305 g/mol. The lowest BCUT2D eigenvalue weighted by Crippen LogP contribution is -2.43. The highest BCUT2D eigenvalue weighted by Gasteiger charge is 2.22. The van der Waals surface area contributed by atoms with E-state index in [4.69, 9.17) is 0 Å². The SMILES string of the molecule is Cc1csc(CCNC(=O)N2CCc3nc(C)[nH]c3C2)n1. The maximum atomic E-state index is 12.2. The van der Waals surface area contributed by atoms with Crippen molar-refractivity contribution in [2.75, 3.05) is 13.1 Å². The molecule has 0 unspecified atom stereocenters. The fraction of sp³-hybridized carbons (Fsp3) is 0.500. The smallest absolute Gasteiger partial charge is 0.317 e. The van der Waals surface area contributed by atoms with E-state index >= 15 is 0 Å². The molecule has 0 aliphatic carbocycles. The standard InChI is InChI=1S/C14H19N5OS/c1-9-8-21-13(16-9)3-5-15-14(20)19-6-4-11-12(7-19)18-10(2)17-11/h8H,3-7H2,1-2H3,(H,15,20)(H,17,18). The summed E-state index contributed by atoms with van der Waals surface area (Å²) in [5.41, 5.74) is 3.19. The van der Waals surface area contributed by atoms with E-state index in [0.29, 0.717) is 13.1 Å². The van der Waals surface area contributed by atoms with Crippen LogP contribution in [-0.2, 0) is 19.4 Å². The number of amides is 2. The predicted molar refractivity (Wildman–Crippen MR) is 81.4 cm³/mol. The van der Waals surface area contributed by atoms with Gasteiger partial charge < -0.3 is 15.2 Å². The number of fused-ring (bicyclic) bond motifs is 1. The number of rotatable bonds is 3. The second-order valence-electron chi connectivity index (χ2n) is 5.28. The molecule has 0 fully saturated rings. The Kier molecular flexibility index (Phi) is 3.92. The Morgan fingerprint density at radius 2 is 2.33 bits per heavy atom. The number of hydrogen-bond acceptors (Lipinski definition) is 4. The van der Waals surface area contributed by atoms with Crippen molar-refractivity contribution in [3.63, 3.8) is 0 Å². The number of aryl methyl sites for hydroxylation is 2. The van der Waals surface area contributed by atoms with Gasteiger partial charge >= 0.3 is 6.03 Å². The van der Waals surface area contributed by atoms with Crippen molar-refractivity contribution in [3.8, 4) is 0 Å². The molecule has 112 valence electrons. The Morgan fingerprint density at radius 1 is 1.48 bits per heavy atom. The van der Waals surface area contributed by atoms with Crippen molar-refractivity contribution in [1.82, 2.24) is 25.2 Å². The highest BCUT2D eigenvalue weighted by molar-refractivity contribution is 7.09. The molecule has 6 nitrogen and oxygen atoms in total. The number of aromatic nitrogens is 3. The van der Waals surface area contributed by atoms with Gasteiger partial charge in [-0.15, -0.1) is 11.3 Å². The molecule has 0 saturated heterocycles. The van der Waals surface area contributed by atoms with Crippen LogP contribution in [-0.4, -0.2) is 39.0 Å². The van der Waals surface area contributed by atoms with Crippen molar-refractivity contribution in [3.05, 3.63) is 33.3 Å². The summed E-state index contributed by atoms with van der Waals surface area (Å²) in [6.45, 7) is 5.88. The lowest BCUT2D eigenvalue weighted by atomic mass is 10.1. The minimum atomic E-state index is -0.0128. The number of carbonyl (C=O) groups is 1. The molecule has 0 saturated carbocycles. The van der Waals surface area contributed by atoms with Crippen LogP contribution < -0.4 is 5.32 Å². The Bertz CT molecular complexity index is 648. The van der Waals surface area contributed by atoms with E-state index in [-0.39, 0.29) is 6.03 Å². The second-order valence-corrected chi connectivity index (χ2v) is 6.23. The van der Waals surface area contributed by atoms with E-state index < -0.39 is 0 Å². The largest absolute Gasteiger partial charge is 0.344 e. The molecule has 2 N–H and O–H groups in total. The van der Waals surface area contributed by atoms with Gasteiger partial charge in [-0.25, -0.2) is 14.8 Å². The van der Waals surface area contributed by atoms with Gasteiger partial charge in [-0.2, -0.15) is 0 Å². The van der Waals surface area contributed by atoms with Gasteiger partial charge in [-0.1, -0.05) is 0 Å². The summed E-state index contributed by atoms with van der Waals surface area (Å²) in [6, 6.07) is -0.0128. The molecule has 2 amide bonds. The van der Waals surface area contributed by atoms with Gasteiger partial charge in [0.2, 0.25) is 0 Å². The van der Waals surface area contributed by atoms with E-state index in [1.165, 1.54) is 0 Å². The maximum Gasteiger partial charge on any atom is 0.317 e. The highest BCUT2D eigenvalue weighted by atomic mass is 32.1. The molecule has 3 rings (SSSR count). The fourth-order valence-electron chi connectivity index (χ4n) is 2.52. The van der Waals surface area contributed by atoms with Crippen molar-refractivity contribution in [2.45, 2.75) is 33.2 Å². The third-order valence-electron chi connectivity index (χ3n) is 3.52. The Balaban J connectivity index is 1.50. The van der Waals surface area contributed by atoms with Crippen LogP contribution in [0.25, 0.3) is 0 Å². The van der Waals surface area contributed by atoms with E-state index in [0.717, 1.165) is 47.3 Å². The first-order valence-corrected chi connectivity index (χ1v) is 7.98. The predicted octanol–water partition coefficient (Wildman–Crippen LogP) is 1.79. The fourth-order valence-corrected chi connectivity index (χ4v) is 3.29. The van der Waals surface area contributed by atoms with Gasteiger partial charge in [-0.05, 0) is 13.8 Å². The number of nitrogens with zero attached hydrogens (tertiary/aromatic N) is 3. The molecule has 21 heavy (non-hydrogen) atoms. The maximum absolute atomic E-state index is 12.2. The zero-order chi connectivity index (χ0) is 14.8. The topological polar surface area (TPSA) is 73.9 Å². The van der Waals surface area contributed by atoms with Crippen LogP contribution in [0.5, 0.6) is 0 Å². The van der Waals surface area contributed by atoms with Gasteiger partial charge in [0.05, 0.1) is 22.9 Å². The van der Waals surface area contributed by atoms with Gasteiger partial charge in [0, 0.05) is 37.0 Å². The molecule has 0 radical (unpaired) electrons. The van der Waals surface area contributed by atoms with E-state index in [1.807, 2.05) is 24.1 Å². The average molecular weight is 305 g/mol. The molecule has 1 aliphatic rings. The van der Waals surface area contributed by atoms with E-state index in [2.05, 4.69) is 20.3 Å². The number of urea groups is 1. The van der Waals surface area contributed by atoms with E-state index in [9.17, 15) is 4.79 Å². The Labute approximate surface area is 127 Å². The minimum Gasteiger partial charge on any atom is -0.344 e. The summed E-state index contributed by atoms with van der Waals surface area (Å²) in [5, 5.41) is 6.07. The number of aromatic amines is 1. The molecule has 0 bridgehead atoms. The van der Waals surface area contributed by atoms with Gasteiger partial charge in [0.25, 0.3) is 0 Å². The molecular formula is C14H19N5OS. The number of H-pyrrole nitrogens is 1. The van der Waals surface area contributed by atoms with Gasteiger partial charge in [0.15, 0.2) is 0 Å². The van der Waals surface area contributed by atoms with Crippen LogP contribution >= 0.6 is 11.3 Å². The van der Waals surface area contributed by atoms with Crippen LogP contribution in [0.4, 0.5) is 4.79 Å². The lowest BCUT2D eigenvalue weighted by molar-refractivity contribution is 0.191. The molecule has 0 spiro atoms. The summed E-state index contributed by atoms with van der Waals surface area (Å²) in [6.07, 6.45) is 1.60. The Hall–Kier alpha value is -1.89. The molecule has 0 atom stereocenters. The summed E-state index contributed by atoms with van der Waals surface area (Å²) < 4.78 is 0. The average Bonchev–Trinajstić information content (AvgIpc) is 3.02. The first-order chi connectivity index (χ1) is 10.1. The highest BCUT2D eigenvalue weighted by Crippen LogP contribution is 2.16. The molecule has 2 aromatic rings.